The number of hydrogen-bond acceptors (Lipinski definition) is 3. The number of carbonyl (C=O) groups excluding carboxylic acids is 1. The second-order valence-electron chi connectivity index (χ2n) is 7.85. The van der Waals surface area contributed by atoms with Gasteiger partial charge < -0.3 is 15.1 Å². The van der Waals surface area contributed by atoms with Crippen molar-refractivity contribution in [3.05, 3.63) is 53.2 Å². The number of rotatable bonds is 4. The number of dihydropyridines is 1. The molecule has 1 amide bonds. The van der Waals surface area contributed by atoms with Crippen molar-refractivity contribution in [2.45, 2.75) is 32.7 Å². The molecule has 1 aromatic rings. The van der Waals surface area contributed by atoms with Gasteiger partial charge in [0, 0.05) is 43.9 Å². The molecular formula is C22H31N3O. The van der Waals surface area contributed by atoms with Crippen molar-refractivity contribution < 1.29 is 4.79 Å². The second kappa shape index (κ2) is 8.09. The van der Waals surface area contributed by atoms with Gasteiger partial charge in [-0.3, -0.25) is 4.79 Å². The lowest BCUT2D eigenvalue weighted by Gasteiger charge is -2.36. The number of hydrogen-bond donors (Lipinski definition) is 1. The maximum atomic E-state index is 12.2. The summed E-state index contributed by atoms with van der Waals surface area (Å²) in [6.45, 7) is 7.76. The van der Waals surface area contributed by atoms with E-state index in [4.69, 9.17) is 0 Å². The number of likely N-dealkylation sites (tertiary alicyclic amines) is 1. The van der Waals surface area contributed by atoms with Gasteiger partial charge in [0.2, 0.25) is 0 Å². The van der Waals surface area contributed by atoms with Crippen molar-refractivity contribution in [3.63, 3.8) is 0 Å². The summed E-state index contributed by atoms with van der Waals surface area (Å²) in [4.78, 5) is 16.4. The minimum Gasteiger partial charge on any atom is -0.384 e. The number of carbonyl (C=O) groups is 1. The van der Waals surface area contributed by atoms with E-state index in [9.17, 15) is 4.79 Å². The predicted octanol–water partition coefficient (Wildman–Crippen LogP) is 3.38. The lowest BCUT2D eigenvalue weighted by molar-refractivity contribution is 0.0827. The van der Waals surface area contributed by atoms with Crippen LogP contribution in [-0.2, 0) is 0 Å². The normalized spacial score (nSPS) is 19.0. The Morgan fingerprint density at radius 2 is 1.92 bits per heavy atom. The average Bonchev–Trinajstić information content (AvgIpc) is 2.67. The van der Waals surface area contributed by atoms with Crippen molar-refractivity contribution >= 4 is 11.5 Å². The molecular weight excluding hydrogens is 322 g/mol. The summed E-state index contributed by atoms with van der Waals surface area (Å²) < 4.78 is 0. The Bertz CT molecular complexity index is 710. The largest absolute Gasteiger partial charge is 0.384 e. The van der Waals surface area contributed by atoms with E-state index in [-0.39, 0.29) is 5.91 Å². The molecule has 3 rings (SSSR count). The number of allylic oxidation sites excluding steroid dienone is 3. The van der Waals surface area contributed by atoms with Crippen molar-refractivity contribution in [2.24, 2.45) is 5.92 Å². The molecule has 2 heterocycles. The first kappa shape index (κ1) is 18.7. The molecule has 26 heavy (non-hydrogen) atoms. The van der Waals surface area contributed by atoms with Crippen LogP contribution in [0.3, 0.4) is 0 Å². The van der Waals surface area contributed by atoms with Crippen LogP contribution in [0.15, 0.2) is 42.1 Å². The van der Waals surface area contributed by atoms with Gasteiger partial charge in [-0.25, -0.2) is 0 Å². The lowest BCUT2D eigenvalue weighted by Crippen LogP contribution is -2.40. The monoisotopic (exact) mass is 353 g/mol. The van der Waals surface area contributed by atoms with E-state index in [1.807, 2.05) is 18.2 Å². The van der Waals surface area contributed by atoms with Crippen LogP contribution in [-0.4, -0.2) is 55.5 Å². The Morgan fingerprint density at radius 1 is 1.19 bits per heavy atom. The Kier molecular flexibility index (Phi) is 5.82. The number of benzene rings is 1. The Balaban J connectivity index is 1.69. The van der Waals surface area contributed by atoms with Gasteiger partial charge in [0.1, 0.15) is 0 Å². The highest BCUT2D eigenvalue weighted by atomic mass is 16.2. The zero-order valence-electron chi connectivity index (χ0n) is 16.5. The molecule has 0 spiro atoms. The van der Waals surface area contributed by atoms with Crippen LogP contribution in [0.5, 0.6) is 0 Å². The van der Waals surface area contributed by atoms with E-state index < -0.39 is 0 Å². The first-order chi connectivity index (χ1) is 12.5. The number of nitrogens with zero attached hydrogens (tertiary/aromatic N) is 2. The first-order valence-electron chi connectivity index (χ1n) is 9.66. The van der Waals surface area contributed by atoms with Gasteiger partial charge in [0.05, 0.1) is 0 Å². The van der Waals surface area contributed by atoms with Crippen LogP contribution in [0.25, 0.3) is 5.57 Å². The maximum Gasteiger partial charge on any atom is 0.253 e. The highest BCUT2D eigenvalue weighted by molar-refractivity contribution is 5.94. The van der Waals surface area contributed by atoms with E-state index in [1.165, 1.54) is 37.2 Å². The van der Waals surface area contributed by atoms with Crippen LogP contribution in [0.1, 0.15) is 42.6 Å². The van der Waals surface area contributed by atoms with Gasteiger partial charge in [-0.05, 0) is 69.1 Å². The minimum atomic E-state index is 0.0457. The van der Waals surface area contributed by atoms with Crippen molar-refractivity contribution in [2.75, 3.05) is 33.7 Å². The van der Waals surface area contributed by atoms with Gasteiger partial charge in [-0.15, -0.1) is 0 Å². The van der Waals surface area contributed by atoms with E-state index in [2.05, 4.69) is 42.3 Å². The highest BCUT2D eigenvalue weighted by Gasteiger charge is 2.24. The third-order valence-electron chi connectivity index (χ3n) is 5.53. The second-order valence-corrected chi connectivity index (χ2v) is 7.85. The Hall–Kier alpha value is -2.07. The molecule has 0 bridgehead atoms. The molecule has 0 aliphatic carbocycles. The molecule has 0 aromatic heterocycles. The molecule has 1 aromatic carbocycles. The summed E-state index contributed by atoms with van der Waals surface area (Å²) in [5.41, 5.74) is 4.47. The molecule has 0 radical (unpaired) electrons. The lowest BCUT2D eigenvalue weighted by atomic mass is 9.90. The van der Waals surface area contributed by atoms with E-state index in [0.29, 0.717) is 12.0 Å². The van der Waals surface area contributed by atoms with Crippen LogP contribution >= 0.6 is 0 Å². The summed E-state index contributed by atoms with van der Waals surface area (Å²) in [6, 6.07) is 8.57. The summed E-state index contributed by atoms with van der Waals surface area (Å²) >= 11 is 0. The molecule has 1 saturated heterocycles. The van der Waals surface area contributed by atoms with Gasteiger partial charge in [0.15, 0.2) is 0 Å². The van der Waals surface area contributed by atoms with Crippen LogP contribution in [0.2, 0.25) is 0 Å². The molecule has 0 unspecified atom stereocenters. The quantitative estimate of drug-likeness (QED) is 0.901. The topological polar surface area (TPSA) is 35.6 Å². The molecule has 2 aliphatic rings. The third-order valence-corrected chi connectivity index (χ3v) is 5.53. The predicted molar refractivity (Wildman–Crippen MR) is 108 cm³/mol. The molecule has 4 nitrogen and oxygen atoms in total. The fourth-order valence-electron chi connectivity index (χ4n) is 3.82. The number of nitrogens with one attached hydrogen (secondary N) is 1. The average molecular weight is 354 g/mol. The van der Waals surface area contributed by atoms with E-state index in [0.717, 1.165) is 17.7 Å². The minimum absolute atomic E-state index is 0.0457. The molecule has 4 heteroatoms. The zero-order chi connectivity index (χ0) is 18.7. The SMILES string of the molecule is CC(C)N1CCC(C2=CC=C(c3cccc(C(=O)N(C)C)c3)CN2)CC1. The standard InChI is InChI=1S/C22H31N3O/c1-16(2)25-12-10-17(11-13-25)21-9-8-20(15-23-21)18-6-5-7-19(14-18)22(26)24(3)4/h5-9,14,16-17,23H,10-13,15H2,1-4H3. The van der Waals surface area contributed by atoms with E-state index in [1.54, 1.807) is 19.0 Å². The molecule has 140 valence electrons. The fraction of sp³-hybridized carbons (Fsp3) is 0.500. The fourth-order valence-corrected chi connectivity index (χ4v) is 3.82. The summed E-state index contributed by atoms with van der Waals surface area (Å²) in [5, 5.41) is 3.63. The van der Waals surface area contributed by atoms with Crippen LogP contribution in [0, 0.1) is 5.92 Å². The van der Waals surface area contributed by atoms with Gasteiger partial charge in [-0.2, -0.15) is 0 Å². The van der Waals surface area contributed by atoms with Crippen molar-refractivity contribution in [1.82, 2.24) is 15.1 Å². The number of amides is 1. The van der Waals surface area contributed by atoms with Crippen LogP contribution < -0.4 is 5.32 Å². The van der Waals surface area contributed by atoms with Gasteiger partial charge in [0.25, 0.3) is 5.91 Å². The number of piperidine rings is 1. The third kappa shape index (κ3) is 4.18. The molecule has 2 aliphatic heterocycles. The Morgan fingerprint density at radius 3 is 2.50 bits per heavy atom. The zero-order valence-corrected chi connectivity index (χ0v) is 16.5. The van der Waals surface area contributed by atoms with E-state index >= 15 is 0 Å². The summed E-state index contributed by atoms with van der Waals surface area (Å²) in [6.07, 6.45) is 6.93. The van der Waals surface area contributed by atoms with Crippen LogP contribution in [0.4, 0.5) is 0 Å². The maximum absolute atomic E-state index is 12.2. The molecule has 0 atom stereocenters. The summed E-state index contributed by atoms with van der Waals surface area (Å²) in [5.74, 6) is 0.689. The summed E-state index contributed by atoms with van der Waals surface area (Å²) in [7, 11) is 3.58. The van der Waals surface area contributed by atoms with Gasteiger partial charge in [-0.1, -0.05) is 18.2 Å². The molecule has 1 fully saturated rings. The van der Waals surface area contributed by atoms with Crippen molar-refractivity contribution in [1.29, 1.82) is 0 Å². The Labute approximate surface area is 157 Å². The van der Waals surface area contributed by atoms with Crippen molar-refractivity contribution in [3.8, 4) is 0 Å². The molecule has 0 saturated carbocycles. The molecule has 1 N–H and O–H groups in total. The van der Waals surface area contributed by atoms with Gasteiger partial charge >= 0.3 is 0 Å². The smallest absolute Gasteiger partial charge is 0.253 e. The first-order valence-corrected chi connectivity index (χ1v) is 9.66. The highest BCUT2D eigenvalue weighted by Crippen LogP contribution is 2.27.